The maximum atomic E-state index is 13.4. The van der Waals surface area contributed by atoms with Gasteiger partial charge >= 0.3 is 0 Å². The van der Waals surface area contributed by atoms with E-state index in [4.69, 9.17) is 4.84 Å². The molecule has 2 aromatic carbocycles. The van der Waals surface area contributed by atoms with Gasteiger partial charge in [-0.2, -0.15) is 0 Å². The van der Waals surface area contributed by atoms with Crippen LogP contribution >= 0.6 is 11.8 Å². The predicted molar refractivity (Wildman–Crippen MR) is 156 cm³/mol. The molecule has 2 aromatic heterocycles. The van der Waals surface area contributed by atoms with E-state index in [1.165, 1.54) is 0 Å². The minimum atomic E-state index is -0.118. The van der Waals surface area contributed by atoms with Gasteiger partial charge in [-0.15, -0.1) is 11.8 Å². The van der Waals surface area contributed by atoms with Crippen molar-refractivity contribution in [3.8, 4) is 0 Å². The second-order valence-electron chi connectivity index (χ2n) is 10.0. The minimum absolute atomic E-state index is 0.0654. The second kappa shape index (κ2) is 11.5. The topological polar surface area (TPSA) is 71.8 Å². The maximum Gasteiger partial charge on any atom is 0.257 e. The first-order valence-corrected chi connectivity index (χ1v) is 14.3. The van der Waals surface area contributed by atoms with Gasteiger partial charge in [-0.05, 0) is 50.7 Å². The van der Waals surface area contributed by atoms with Gasteiger partial charge < -0.3 is 19.6 Å². The Labute approximate surface area is 232 Å². The molecule has 8 heteroatoms. The number of likely N-dealkylation sites (N-methyl/N-ethyl adjacent to an activating group) is 1. The molecule has 4 heterocycles. The Morgan fingerprint density at radius 2 is 1.95 bits per heavy atom. The van der Waals surface area contributed by atoms with Crippen molar-refractivity contribution >= 4 is 29.1 Å². The number of rotatable bonds is 7. The quantitative estimate of drug-likeness (QED) is 0.239. The van der Waals surface area contributed by atoms with Crippen LogP contribution in [0.4, 0.5) is 5.69 Å². The molecule has 0 bridgehead atoms. The van der Waals surface area contributed by atoms with E-state index in [0.717, 1.165) is 59.8 Å². The van der Waals surface area contributed by atoms with Crippen LogP contribution in [-0.4, -0.2) is 52.3 Å². The number of carbonyl (C=O) groups excluding carboxylic acids is 1. The summed E-state index contributed by atoms with van der Waals surface area (Å²) in [6.07, 6.45) is 7.83. The number of nitrogens with zero attached hydrogens (tertiary/aromatic N) is 4. The highest BCUT2D eigenvalue weighted by molar-refractivity contribution is 7.99. The zero-order valence-electron chi connectivity index (χ0n) is 21.9. The summed E-state index contributed by atoms with van der Waals surface area (Å²) in [5.41, 5.74) is 6.17. The van der Waals surface area contributed by atoms with Gasteiger partial charge in [0, 0.05) is 59.0 Å². The van der Waals surface area contributed by atoms with Crippen LogP contribution in [0.2, 0.25) is 0 Å². The highest BCUT2D eigenvalue weighted by atomic mass is 32.2. The van der Waals surface area contributed by atoms with Crippen LogP contribution in [0.15, 0.2) is 96.5 Å². The fourth-order valence-electron chi connectivity index (χ4n) is 5.22. The number of nitrogens with one attached hydrogen (secondary N) is 1. The molecule has 0 radical (unpaired) electrons. The molecule has 1 saturated heterocycles. The van der Waals surface area contributed by atoms with E-state index < -0.39 is 0 Å². The summed E-state index contributed by atoms with van der Waals surface area (Å²) >= 11 is 1.80. The van der Waals surface area contributed by atoms with Gasteiger partial charge in [-0.25, -0.2) is 0 Å². The fraction of sp³-hybridized carbons (Fsp3) is 0.258. The van der Waals surface area contributed by atoms with Crippen molar-refractivity contribution in [3.05, 3.63) is 119 Å². The second-order valence-corrected chi connectivity index (χ2v) is 11.1. The number of hydrogen-bond acceptors (Lipinski definition) is 6. The smallest absolute Gasteiger partial charge is 0.257 e. The Kier molecular flexibility index (Phi) is 7.47. The number of hydrogen-bond donors (Lipinski definition) is 1. The Bertz CT molecular complexity index is 1470. The third-order valence-electron chi connectivity index (χ3n) is 7.18. The summed E-state index contributed by atoms with van der Waals surface area (Å²) in [7, 11) is 2.11. The number of benzene rings is 2. The molecule has 1 N–H and O–H groups in total. The molecule has 1 unspecified atom stereocenters. The van der Waals surface area contributed by atoms with E-state index >= 15 is 0 Å². The number of thioether (sulfide) groups is 1. The third kappa shape index (κ3) is 5.62. The van der Waals surface area contributed by atoms with Crippen LogP contribution < -0.4 is 5.32 Å². The Morgan fingerprint density at radius 3 is 2.77 bits per heavy atom. The summed E-state index contributed by atoms with van der Waals surface area (Å²) in [4.78, 5) is 26.0. The van der Waals surface area contributed by atoms with Crippen LogP contribution in [0, 0.1) is 0 Å². The first kappa shape index (κ1) is 25.4. The molecular weight excluding hydrogens is 506 g/mol. The molecule has 6 rings (SSSR count). The van der Waals surface area contributed by atoms with Crippen molar-refractivity contribution in [2.24, 2.45) is 5.16 Å². The highest BCUT2D eigenvalue weighted by Crippen LogP contribution is 2.42. The summed E-state index contributed by atoms with van der Waals surface area (Å²) in [5.74, 6) is 0.654. The molecule has 198 valence electrons. The molecule has 2 aliphatic heterocycles. The number of likely N-dealkylation sites (tertiary alicyclic amines) is 1. The number of fused-ring (bicyclic) bond motifs is 1. The van der Waals surface area contributed by atoms with Crippen LogP contribution in [-0.2, 0) is 10.6 Å². The lowest BCUT2D eigenvalue weighted by Crippen LogP contribution is -2.36. The van der Waals surface area contributed by atoms with E-state index in [0.29, 0.717) is 11.3 Å². The molecule has 2 atom stereocenters. The Balaban J connectivity index is 1.23. The molecular formula is C31H31N5O2S. The van der Waals surface area contributed by atoms with Gasteiger partial charge in [0.1, 0.15) is 17.2 Å². The van der Waals surface area contributed by atoms with Gasteiger partial charge in [0.2, 0.25) is 0 Å². The zero-order chi connectivity index (χ0) is 26.6. The summed E-state index contributed by atoms with van der Waals surface area (Å²) in [6, 6.07) is 23.8. The molecule has 0 spiro atoms. The number of pyridine rings is 1. The van der Waals surface area contributed by atoms with Gasteiger partial charge in [0.05, 0.1) is 5.56 Å². The largest absolute Gasteiger partial charge is 0.391 e. The van der Waals surface area contributed by atoms with Crippen LogP contribution in [0.1, 0.15) is 51.0 Å². The van der Waals surface area contributed by atoms with E-state index in [1.807, 2.05) is 79.1 Å². The van der Waals surface area contributed by atoms with Gasteiger partial charge in [0.15, 0.2) is 0 Å². The van der Waals surface area contributed by atoms with Crippen molar-refractivity contribution in [3.63, 3.8) is 0 Å². The molecule has 2 aliphatic rings. The summed E-state index contributed by atoms with van der Waals surface area (Å²) in [5, 5.41) is 7.88. The van der Waals surface area contributed by atoms with Gasteiger partial charge in [-0.1, -0.05) is 53.7 Å². The lowest BCUT2D eigenvalue weighted by Gasteiger charge is -2.28. The van der Waals surface area contributed by atoms with E-state index in [9.17, 15) is 4.79 Å². The maximum absolute atomic E-state index is 13.4. The molecule has 4 aromatic rings. The molecule has 7 nitrogen and oxygen atoms in total. The number of amides is 1. The standard InChI is InChI=1S/C31H31N5O2S/c1-35-16-7-13-26(20-35)38-34-29(22-8-3-2-4-9-22)23-10-5-12-25(18-23)33-30(37)27-14-17-36-28(27)21-39-31(36)24-11-6-15-32-19-24/h2-6,8-12,14-15,17-19,26,31H,7,13,16,20-21H2,1H3,(H,33,37)/b34-29-/t26?,31-/m1/s1. The lowest BCUT2D eigenvalue weighted by atomic mass is 10.0. The lowest BCUT2D eigenvalue weighted by molar-refractivity contribution is 0.0100. The number of aromatic nitrogens is 2. The van der Waals surface area contributed by atoms with Crippen molar-refractivity contribution in [1.29, 1.82) is 0 Å². The molecule has 39 heavy (non-hydrogen) atoms. The predicted octanol–water partition coefficient (Wildman–Crippen LogP) is 5.79. The Hall–Kier alpha value is -3.88. The van der Waals surface area contributed by atoms with E-state index in [2.05, 4.69) is 38.0 Å². The summed E-state index contributed by atoms with van der Waals surface area (Å²) in [6.45, 7) is 1.95. The monoisotopic (exact) mass is 537 g/mol. The van der Waals surface area contributed by atoms with E-state index in [-0.39, 0.29) is 17.4 Å². The van der Waals surface area contributed by atoms with Crippen LogP contribution in [0.25, 0.3) is 0 Å². The van der Waals surface area contributed by atoms with E-state index in [1.54, 1.807) is 18.0 Å². The SMILES string of the molecule is CN1CCCC(O/N=C(/c2ccccc2)c2cccc(NC(=O)c3ccn4c3CS[C@@H]4c3cccnc3)c2)C1. The van der Waals surface area contributed by atoms with Crippen molar-refractivity contribution in [2.75, 3.05) is 25.5 Å². The molecule has 1 amide bonds. The number of anilines is 1. The third-order valence-corrected chi connectivity index (χ3v) is 8.44. The molecule has 1 fully saturated rings. The fourth-order valence-corrected chi connectivity index (χ4v) is 6.53. The molecule has 0 saturated carbocycles. The van der Waals surface area contributed by atoms with Crippen LogP contribution in [0.3, 0.4) is 0 Å². The normalized spacial score (nSPS) is 19.5. The van der Waals surface area contributed by atoms with Crippen molar-refractivity contribution in [2.45, 2.75) is 30.1 Å². The van der Waals surface area contributed by atoms with Crippen molar-refractivity contribution < 1.29 is 9.63 Å². The molecule has 0 aliphatic carbocycles. The van der Waals surface area contributed by atoms with Crippen LogP contribution in [0.5, 0.6) is 0 Å². The minimum Gasteiger partial charge on any atom is -0.391 e. The first-order valence-electron chi connectivity index (χ1n) is 13.3. The highest BCUT2D eigenvalue weighted by Gasteiger charge is 2.28. The Morgan fingerprint density at radius 1 is 1.08 bits per heavy atom. The van der Waals surface area contributed by atoms with Gasteiger partial charge in [-0.3, -0.25) is 9.78 Å². The first-order chi connectivity index (χ1) is 19.2. The van der Waals surface area contributed by atoms with Gasteiger partial charge in [0.25, 0.3) is 5.91 Å². The average Bonchev–Trinajstić information content (AvgIpc) is 3.57. The number of oxime groups is 1. The average molecular weight is 538 g/mol. The summed E-state index contributed by atoms with van der Waals surface area (Å²) < 4.78 is 2.17. The number of carbonyl (C=O) groups is 1. The van der Waals surface area contributed by atoms with Crippen molar-refractivity contribution in [1.82, 2.24) is 14.5 Å². The number of piperidine rings is 1. The zero-order valence-corrected chi connectivity index (χ0v) is 22.7.